The van der Waals surface area contributed by atoms with Crippen molar-refractivity contribution in [1.29, 1.82) is 0 Å². The highest BCUT2D eigenvalue weighted by Crippen LogP contribution is 2.33. The van der Waals surface area contributed by atoms with Gasteiger partial charge in [-0.25, -0.2) is 8.42 Å². The van der Waals surface area contributed by atoms with Crippen LogP contribution in [0.1, 0.15) is 33.3 Å². The topological polar surface area (TPSA) is 96.0 Å². The van der Waals surface area contributed by atoms with Gasteiger partial charge in [0.15, 0.2) is 0 Å². The standard InChI is InChI=1S/C29H32Cl3N3O5S/c1-5-40-27-9-7-6-8-26(27)35(41(38,39)23-13-11-22(30)12-14-23)18-28(36)34(20(4)29(37)33-19(2)3)17-21-10-15-24(31)25(32)16-21/h6-16,19-20H,5,17-18H2,1-4H3,(H,33,37)/t20-/m0/s1. The lowest BCUT2D eigenvalue weighted by atomic mass is 10.1. The van der Waals surface area contributed by atoms with Gasteiger partial charge in [0.1, 0.15) is 18.3 Å². The van der Waals surface area contributed by atoms with Crippen molar-refractivity contribution < 1.29 is 22.7 Å². The minimum Gasteiger partial charge on any atom is -0.492 e. The number of hydrogen-bond acceptors (Lipinski definition) is 5. The van der Waals surface area contributed by atoms with E-state index >= 15 is 0 Å². The number of sulfonamides is 1. The Hall–Kier alpha value is -2.98. The Morgan fingerprint density at radius 2 is 1.59 bits per heavy atom. The summed E-state index contributed by atoms with van der Waals surface area (Å²) in [6, 6.07) is 16.0. The first-order valence-electron chi connectivity index (χ1n) is 12.9. The second-order valence-electron chi connectivity index (χ2n) is 9.48. The fourth-order valence-electron chi connectivity index (χ4n) is 4.01. The molecule has 0 saturated heterocycles. The van der Waals surface area contributed by atoms with E-state index in [-0.39, 0.29) is 40.5 Å². The Morgan fingerprint density at radius 3 is 2.20 bits per heavy atom. The number of para-hydroxylation sites is 2. The van der Waals surface area contributed by atoms with E-state index in [4.69, 9.17) is 39.5 Å². The third-order valence-electron chi connectivity index (χ3n) is 6.05. The molecule has 0 radical (unpaired) electrons. The Bertz CT molecular complexity index is 1480. The minimum absolute atomic E-state index is 0.0235. The monoisotopic (exact) mass is 639 g/mol. The number of rotatable bonds is 12. The average Bonchev–Trinajstić information content (AvgIpc) is 2.92. The summed E-state index contributed by atoms with van der Waals surface area (Å²) in [5.74, 6) is -0.733. The van der Waals surface area contributed by atoms with Crippen LogP contribution < -0.4 is 14.4 Å². The fourth-order valence-corrected chi connectivity index (χ4v) is 5.88. The second kappa shape index (κ2) is 14.3. The molecular weight excluding hydrogens is 609 g/mol. The van der Waals surface area contributed by atoms with E-state index in [0.29, 0.717) is 15.6 Å². The average molecular weight is 641 g/mol. The Labute approximate surface area is 256 Å². The lowest BCUT2D eigenvalue weighted by Gasteiger charge is -2.32. The number of anilines is 1. The molecule has 1 N–H and O–H groups in total. The lowest BCUT2D eigenvalue weighted by molar-refractivity contribution is -0.139. The molecule has 41 heavy (non-hydrogen) atoms. The van der Waals surface area contributed by atoms with Crippen molar-refractivity contribution in [1.82, 2.24) is 10.2 Å². The molecule has 3 aromatic rings. The third kappa shape index (κ3) is 8.29. The normalized spacial score (nSPS) is 12.1. The number of ether oxygens (including phenoxy) is 1. The van der Waals surface area contributed by atoms with Crippen LogP contribution >= 0.6 is 34.8 Å². The van der Waals surface area contributed by atoms with E-state index in [1.165, 1.54) is 29.2 Å². The molecule has 0 fully saturated rings. The third-order valence-corrected chi connectivity index (χ3v) is 8.81. The van der Waals surface area contributed by atoms with E-state index < -0.39 is 34.4 Å². The maximum atomic E-state index is 14.0. The van der Waals surface area contributed by atoms with E-state index in [0.717, 1.165) is 4.31 Å². The Morgan fingerprint density at radius 1 is 0.927 bits per heavy atom. The molecule has 0 aliphatic heterocycles. The molecule has 3 aromatic carbocycles. The van der Waals surface area contributed by atoms with Crippen LogP contribution in [0.25, 0.3) is 0 Å². The van der Waals surface area contributed by atoms with E-state index in [1.807, 2.05) is 0 Å². The van der Waals surface area contributed by atoms with Gasteiger partial charge in [-0.2, -0.15) is 0 Å². The molecule has 0 saturated carbocycles. The van der Waals surface area contributed by atoms with Crippen molar-refractivity contribution in [2.45, 2.75) is 51.2 Å². The highest BCUT2D eigenvalue weighted by atomic mass is 35.5. The first kappa shape index (κ1) is 32.5. The molecule has 0 bridgehead atoms. The zero-order valence-corrected chi connectivity index (χ0v) is 26.2. The molecule has 3 rings (SSSR count). The van der Waals surface area contributed by atoms with Crippen LogP contribution in [-0.2, 0) is 26.2 Å². The number of hydrogen-bond donors (Lipinski definition) is 1. The number of nitrogens with zero attached hydrogens (tertiary/aromatic N) is 2. The zero-order valence-electron chi connectivity index (χ0n) is 23.1. The number of amides is 2. The summed E-state index contributed by atoms with van der Waals surface area (Å²) in [5.41, 5.74) is 0.783. The van der Waals surface area contributed by atoms with Gasteiger partial charge >= 0.3 is 0 Å². The molecule has 0 spiro atoms. The maximum Gasteiger partial charge on any atom is 0.264 e. The molecule has 0 aliphatic carbocycles. The predicted molar refractivity (Wildman–Crippen MR) is 163 cm³/mol. The van der Waals surface area contributed by atoms with Gasteiger partial charge in [0, 0.05) is 17.6 Å². The van der Waals surface area contributed by atoms with Crippen molar-refractivity contribution in [3.63, 3.8) is 0 Å². The first-order valence-corrected chi connectivity index (χ1v) is 15.5. The SMILES string of the molecule is CCOc1ccccc1N(CC(=O)N(Cc1ccc(Cl)c(Cl)c1)[C@@H](C)C(=O)NC(C)C)S(=O)(=O)c1ccc(Cl)cc1. The summed E-state index contributed by atoms with van der Waals surface area (Å²) in [7, 11) is -4.28. The first-order chi connectivity index (χ1) is 19.3. The fraction of sp³-hybridized carbons (Fsp3) is 0.310. The molecule has 0 aliphatic rings. The van der Waals surface area contributed by atoms with Crippen LogP contribution in [0.2, 0.25) is 15.1 Å². The summed E-state index contributed by atoms with van der Waals surface area (Å²) >= 11 is 18.3. The molecular formula is C29H32Cl3N3O5S. The van der Waals surface area contributed by atoms with Crippen LogP contribution in [0.4, 0.5) is 5.69 Å². The van der Waals surface area contributed by atoms with Crippen molar-refractivity contribution >= 4 is 62.3 Å². The molecule has 2 amide bonds. The maximum absolute atomic E-state index is 14.0. The van der Waals surface area contributed by atoms with Crippen LogP contribution in [0.15, 0.2) is 71.6 Å². The molecule has 8 nitrogen and oxygen atoms in total. The summed E-state index contributed by atoms with van der Waals surface area (Å²) in [6.07, 6.45) is 0. The second-order valence-corrected chi connectivity index (χ2v) is 12.6. The lowest BCUT2D eigenvalue weighted by Crippen LogP contribution is -2.52. The quantitative estimate of drug-likeness (QED) is 0.255. The number of halogens is 3. The smallest absolute Gasteiger partial charge is 0.264 e. The van der Waals surface area contributed by atoms with Gasteiger partial charge in [-0.05, 0) is 81.8 Å². The van der Waals surface area contributed by atoms with Crippen molar-refractivity contribution in [2.75, 3.05) is 17.5 Å². The van der Waals surface area contributed by atoms with Gasteiger partial charge in [0.05, 0.1) is 27.2 Å². The molecule has 220 valence electrons. The van der Waals surface area contributed by atoms with Crippen LogP contribution in [0.3, 0.4) is 0 Å². The minimum atomic E-state index is -4.28. The van der Waals surface area contributed by atoms with Crippen LogP contribution in [-0.4, -0.2) is 50.4 Å². The number of carbonyl (C=O) groups excluding carboxylic acids is 2. The molecule has 0 heterocycles. The largest absolute Gasteiger partial charge is 0.492 e. The highest BCUT2D eigenvalue weighted by Gasteiger charge is 2.34. The number of nitrogens with one attached hydrogen (secondary N) is 1. The summed E-state index contributed by atoms with van der Waals surface area (Å²) in [5, 5.41) is 3.80. The molecule has 0 aromatic heterocycles. The number of carbonyl (C=O) groups is 2. The van der Waals surface area contributed by atoms with E-state index in [1.54, 1.807) is 70.2 Å². The van der Waals surface area contributed by atoms with Crippen molar-refractivity contribution in [3.8, 4) is 5.75 Å². The van der Waals surface area contributed by atoms with Crippen molar-refractivity contribution in [2.24, 2.45) is 0 Å². The van der Waals surface area contributed by atoms with Gasteiger partial charge in [-0.15, -0.1) is 0 Å². The van der Waals surface area contributed by atoms with E-state index in [9.17, 15) is 18.0 Å². The highest BCUT2D eigenvalue weighted by molar-refractivity contribution is 7.92. The van der Waals surface area contributed by atoms with Crippen LogP contribution in [0.5, 0.6) is 5.75 Å². The van der Waals surface area contributed by atoms with Crippen molar-refractivity contribution in [3.05, 3.63) is 87.4 Å². The number of benzene rings is 3. The van der Waals surface area contributed by atoms with Gasteiger partial charge < -0.3 is 15.0 Å². The summed E-state index contributed by atoms with van der Waals surface area (Å²) in [4.78, 5) is 28.3. The van der Waals surface area contributed by atoms with E-state index in [2.05, 4.69) is 5.32 Å². The van der Waals surface area contributed by atoms with Gasteiger partial charge in [-0.1, -0.05) is 53.0 Å². The molecule has 0 unspecified atom stereocenters. The van der Waals surface area contributed by atoms with Gasteiger partial charge in [0.25, 0.3) is 10.0 Å². The zero-order chi connectivity index (χ0) is 30.3. The van der Waals surface area contributed by atoms with Gasteiger partial charge in [-0.3, -0.25) is 13.9 Å². The summed E-state index contributed by atoms with van der Waals surface area (Å²) < 4.78 is 34.7. The molecule has 12 heteroatoms. The Kier molecular flexibility index (Phi) is 11.3. The van der Waals surface area contributed by atoms with Gasteiger partial charge in [0.2, 0.25) is 11.8 Å². The summed E-state index contributed by atoms with van der Waals surface area (Å²) in [6.45, 7) is 6.60. The molecule has 1 atom stereocenters. The Balaban J connectivity index is 2.09. The van der Waals surface area contributed by atoms with Crippen LogP contribution in [0, 0.1) is 0 Å². The predicted octanol–water partition coefficient (Wildman–Crippen LogP) is 6.18.